The number of rotatable bonds is 4. The first-order chi connectivity index (χ1) is 11.6. The van der Waals surface area contributed by atoms with Crippen molar-refractivity contribution in [1.82, 2.24) is 4.90 Å². The molecule has 1 heterocycles. The maximum Gasteiger partial charge on any atom is 0.233 e. The molecule has 1 aliphatic heterocycles. The number of carbonyl (C=O) groups excluding carboxylic acids is 1. The third-order valence-corrected chi connectivity index (χ3v) is 5.22. The molecule has 0 radical (unpaired) electrons. The Kier molecular flexibility index (Phi) is 5.41. The van der Waals surface area contributed by atoms with Gasteiger partial charge in [0.05, 0.1) is 5.75 Å². The lowest BCUT2D eigenvalue weighted by molar-refractivity contribution is -0.128. The van der Waals surface area contributed by atoms with Crippen LogP contribution in [0.2, 0.25) is 0 Å². The number of piperazine rings is 1. The summed E-state index contributed by atoms with van der Waals surface area (Å²) in [5.74, 6) is 0.0949. The highest BCUT2D eigenvalue weighted by Gasteiger charge is 2.21. The largest absolute Gasteiger partial charge is 0.368 e. The van der Waals surface area contributed by atoms with E-state index in [0.29, 0.717) is 18.0 Å². The number of halogens is 1. The molecule has 24 heavy (non-hydrogen) atoms. The molecule has 0 bridgehead atoms. The number of carbonyl (C=O) groups is 1. The number of nitrogens with zero attached hydrogens (tertiary/aromatic N) is 2. The van der Waals surface area contributed by atoms with Crippen LogP contribution >= 0.6 is 11.8 Å². The minimum absolute atomic E-state index is 0.0761. The molecule has 1 saturated heterocycles. The zero-order valence-electron chi connectivity index (χ0n) is 13.7. The van der Waals surface area contributed by atoms with Crippen molar-refractivity contribution in [1.29, 1.82) is 0 Å². The van der Waals surface area contributed by atoms with E-state index in [1.54, 1.807) is 18.2 Å². The number of anilines is 1. The summed E-state index contributed by atoms with van der Waals surface area (Å²) >= 11 is 1.27. The van der Waals surface area contributed by atoms with Gasteiger partial charge in [-0.25, -0.2) is 4.39 Å². The van der Waals surface area contributed by atoms with Crippen molar-refractivity contribution in [3.63, 3.8) is 0 Å². The van der Waals surface area contributed by atoms with Crippen LogP contribution in [0.25, 0.3) is 0 Å². The van der Waals surface area contributed by atoms with Crippen molar-refractivity contribution in [2.75, 3.05) is 36.8 Å². The first-order valence-corrected chi connectivity index (χ1v) is 9.09. The van der Waals surface area contributed by atoms with Gasteiger partial charge in [0.2, 0.25) is 5.91 Å². The number of amides is 1. The maximum absolute atomic E-state index is 13.6. The third-order valence-electron chi connectivity index (χ3n) is 4.19. The Morgan fingerprint density at radius 3 is 2.54 bits per heavy atom. The van der Waals surface area contributed by atoms with E-state index in [2.05, 4.69) is 36.1 Å². The lowest BCUT2D eigenvalue weighted by atomic mass is 10.2. The van der Waals surface area contributed by atoms with Crippen molar-refractivity contribution >= 4 is 23.4 Å². The van der Waals surface area contributed by atoms with Crippen molar-refractivity contribution < 1.29 is 9.18 Å². The Hall–Kier alpha value is -2.01. The Bertz CT molecular complexity index is 714. The molecule has 2 aromatic rings. The van der Waals surface area contributed by atoms with Crippen LogP contribution in [0.3, 0.4) is 0 Å². The molecule has 1 fully saturated rings. The van der Waals surface area contributed by atoms with Gasteiger partial charge in [-0.1, -0.05) is 24.3 Å². The highest BCUT2D eigenvalue weighted by Crippen LogP contribution is 2.22. The van der Waals surface area contributed by atoms with E-state index in [1.807, 2.05) is 4.90 Å². The van der Waals surface area contributed by atoms with E-state index in [1.165, 1.54) is 29.1 Å². The van der Waals surface area contributed by atoms with Gasteiger partial charge in [-0.2, -0.15) is 0 Å². The Balaban J connectivity index is 1.51. The fraction of sp³-hybridized carbons (Fsp3) is 0.316. The summed E-state index contributed by atoms with van der Waals surface area (Å²) < 4.78 is 13.6. The first-order valence-electron chi connectivity index (χ1n) is 8.10. The van der Waals surface area contributed by atoms with E-state index in [9.17, 15) is 9.18 Å². The van der Waals surface area contributed by atoms with Gasteiger partial charge in [0, 0.05) is 36.8 Å². The minimum Gasteiger partial charge on any atom is -0.368 e. The molecule has 0 aliphatic carbocycles. The lowest BCUT2D eigenvalue weighted by Gasteiger charge is -2.36. The van der Waals surface area contributed by atoms with Gasteiger partial charge >= 0.3 is 0 Å². The van der Waals surface area contributed by atoms with E-state index in [4.69, 9.17) is 0 Å². The van der Waals surface area contributed by atoms with Crippen LogP contribution in [0, 0.1) is 12.7 Å². The van der Waals surface area contributed by atoms with E-state index in [0.717, 1.165) is 13.1 Å². The molecule has 5 heteroatoms. The average molecular weight is 344 g/mol. The fourth-order valence-electron chi connectivity index (χ4n) is 2.83. The smallest absolute Gasteiger partial charge is 0.233 e. The SMILES string of the molecule is Cc1cccc(N2CCN(C(=O)CSc3ccccc3F)CC2)c1. The molecule has 0 aromatic heterocycles. The predicted molar refractivity (Wildman–Crippen MR) is 97.1 cm³/mol. The maximum atomic E-state index is 13.6. The minimum atomic E-state index is -0.264. The molecule has 3 nitrogen and oxygen atoms in total. The number of thioether (sulfide) groups is 1. The molecule has 126 valence electrons. The molecular weight excluding hydrogens is 323 g/mol. The van der Waals surface area contributed by atoms with Gasteiger partial charge in [-0.15, -0.1) is 11.8 Å². The van der Waals surface area contributed by atoms with Crippen LogP contribution in [0.15, 0.2) is 53.4 Å². The second-order valence-corrected chi connectivity index (χ2v) is 6.94. The highest BCUT2D eigenvalue weighted by molar-refractivity contribution is 8.00. The number of benzene rings is 2. The van der Waals surface area contributed by atoms with Gasteiger partial charge in [-0.3, -0.25) is 4.79 Å². The number of hydrogen-bond donors (Lipinski definition) is 0. The molecule has 0 saturated carbocycles. The molecule has 0 atom stereocenters. The van der Waals surface area contributed by atoms with Crippen molar-refractivity contribution in [2.24, 2.45) is 0 Å². The first kappa shape index (κ1) is 16.8. The van der Waals surface area contributed by atoms with Crippen LogP contribution in [0.4, 0.5) is 10.1 Å². The average Bonchev–Trinajstić information content (AvgIpc) is 2.61. The quantitative estimate of drug-likeness (QED) is 0.792. The number of hydrogen-bond acceptors (Lipinski definition) is 3. The van der Waals surface area contributed by atoms with E-state index in [-0.39, 0.29) is 17.5 Å². The summed E-state index contributed by atoms with van der Waals surface area (Å²) in [6, 6.07) is 15.0. The Labute approximate surface area is 146 Å². The van der Waals surface area contributed by atoms with Crippen molar-refractivity contribution in [3.8, 4) is 0 Å². The Morgan fingerprint density at radius 1 is 1.08 bits per heavy atom. The molecule has 3 rings (SSSR count). The van der Waals surface area contributed by atoms with Crippen LogP contribution in [0.5, 0.6) is 0 Å². The van der Waals surface area contributed by atoms with Crippen molar-refractivity contribution in [2.45, 2.75) is 11.8 Å². The summed E-state index contributed by atoms with van der Waals surface area (Å²) in [7, 11) is 0. The van der Waals surface area contributed by atoms with E-state index >= 15 is 0 Å². The summed E-state index contributed by atoms with van der Waals surface area (Å²) in [4.78, 5) is 17.1. The summed E-state index contributed by atoms with van der Waals surface area (Å²) in [6.07, 6.45) is 0. The van der Waals surface area contributed by atoms with Gasteiger partial charge in [0.1, 0.15) is 5.82 Å². The van der Waals surface area contributed by atoms with Crippen LogP contribution < -0.4 is 4.90 Å². The molecule has 0 spiro atoms. The van der Waals surface area contributed by atoms with Gasteiger partial charge < -0.3 is 9.80 Å². The monoisotopic (exact) mass is 344 g/mol. The second kappa shape index (κ2) is 7.71. The lowest BCUT2D eigenvalue weighted by Crippen LogP contribution is -2.49. The summed E-state index contributed by atoms with van der Waals surface area (Å²) in [5.41, 5.74) is 2.45. The highest BCUT2D eigenvalue weighted by atomic mass is 32.2. The molecule has 0 unspecified atom stereocenters. The molecule has 1 amide bonds. The normalized spacial score (nSPS) is 14.8. The van der Waals surface area contributed by atoms with Crippen LogP contribution in [-0.4, -0.2) is 42.7 Å². The van der Waals surface area contributed by atoms with Crippen molar-refractivity contribution in [3.05, 3.63) is 59.9 Å². The molecular formula is C19H21FN2OS. The van der Waals surface area contributed by atoms with Gasteiger partial charge in [-0.05, 0) is 36.8 Å². The summed E-state index contributed by atoms with van der Waals surface area (Å²) in [6.45, 7) is 5.18. The number of aryl methyl sites for hydroxylation is 1. The van der Waals surface area contributed by atoms with Gasteiger partial charge in [0.15, 0.2) is 0 Å². The van der Waals surface area contributed by atoms with Gasteiger partial charge in [0.25, 0.3) is 0 Å². The zero-order valence-corrected chi connectivity index (χ0v) is 14.6. The topological polar surface area (TPSA) is 23.6 Å². The molecule has 2 aromatic carbocycles. The fourth-order valence-corrected chi connectivity index (χ4v) is 3.67. The Morgan fingerprint density at radius 2 is 1.83 bits per heavy atom. The predicted octanol–water partition coefficient (Wildman–Crippen LogP) is 3.58. The zero-order chi connectivity index (χ0) is 16.9. The van der Waals surface area contributed by atoms with Crippen LogP contribution in [0.1, 0.15) is 5.56 Å². The third kappa shape index (κ3) is 4.09. The summed E-state index contributed by atoms with van der Waals surface area (Å²) in [5, 5.41) is 0. The van der Waals surface area contributed by atoms with Crippen LogP contribution in [-0.2, 0) is 4.79 Å². The standard InChI is InChI=1S/C19H21FN2OS/c1-15-5-4-6-16(13-15)21-9-11-22(12-10-21)19(23)14-24-18-8-3-2-7-17(18)20/h2-8,13H,9-12,14H2,1H3. The van der Waals surface area contributed by atoms with E-state index < -0.39 is 0 Å². The molecule has 1 aliphatic rings. The second-order valence-electron chi connectivity index (χ2n) is 5.93. The molecule has 0 N–H and O–H groups in total.